The van der Waals surface area contributed by atoms with Gasteiger partial charge in [-0.1, -0.05) is 6.07 Å². The fraction of sp³-hybridized carbons (Fsp3) is 0.222. The zero-order chi connectivity index (χ0) is 16.2. The van der Waals surface area contributed by atoms with E-state index in [2.05, 4.69) is 16.0 Å². The molecule has 2 aromatic carbocycles. The third-order valence-corrected chi connectivity index (χ3v) is 3.57. The molecule has 1 saturated carbocycles. The third kappa shape index (κ3) is 4.32. The van der Waals surface area contributed by atoms with Crippen LogP contribution in [0, 0.1) is 5.92 Å². The maximum atomic E-state index is 11.7. The van der Waals surface area contributed by atoms with Crippen LogP contribution >= 0.6 is 0 Å². The highest BCUT2D eigenvalue weighted by molar-refractivity contribution is 5.94. The highest BCUT2D eigenvalue weighted by Gasteiger charge is 2.29. The molecule has 0 radical (unpaired) electrons. The lowest BCUT2D eigenvalue weighted by Gasteiger charge is -2.10. The van der Waals surface area contributed by atoms with Crippen molar-refractivity contribution < 1.29 is 9.59 Å². The van der Waals surface area contributed by atoms with Crippen molar-refractivity contribution in [3.63, 3.8) is 0 Å². The standard InChI is InChI=1S/C18H19N3O2/c1-12(22)19-16-3-2-4-17(11-16)20-14-7-9-15(10-8-14)21-18(23)13-5-6-13/h2-4,7-11,13,20H,5-6H2,1H3,(H,19,22)(H,21,23). The van der Waals surface area contributed by atoms with E-state index in [9.17, 15) is 9.59 Å². The van der Waals surface area contributed by atoms with Crippen LogP contribution in [0.2, 0.25) is 0 Å². The molecule has 0 unspecified atom stereocenters. The number of hydrogen-bond donors (Lipinski definition) is 3. The summed E-state index contributed by atoms with van der Waals surface area (Å²) in [6.45, 7) is 1.48. The number of carbonyl (C=O) groups excluding carboxylic acids is 2. The molecular formula is C18H19N3O2. The monoisotopic (exact) mass is 309 g/mol. The first-order valence-electron chi connectivity index (χ1n) is 7.66. The van der Waals surface area contributed by atoms with Crippen LogP contribution < -0.4 is 16.0 Å². The van der Waals surface area contributed by atoms with Gasteiger partial charge >= 0.3 is 0 Å². The molecule has 2 amide bonds. The molecule has 1 fully saturated rings. The van der Waals surface area contributed by atoms with Gasteiger partial charge in [-0.25, -0.2) is 0 Å². The summed E-state index contributed by atoms with van der Waals surface area (Å²) in [5.41, 5.74) is 3.34. The molecule has 5 heteroatoms. The molecule has 1 aliphatic rings. The summed E-state index contributed by atoms with van der Waals surface area (Å²) in [5.74, 6) is 0.205. The Bertz CT molecular complexity index is 721. The quantitative estimate of drug-likeness (QED) is 0.788. The zero-order valence-corrected chi connectivity index (χ0v) is 12.9. The molecule has 118 valence electrons. The summed E-state index contributed by atoms with van der Waals surface area (Å²) in [7, 11) is 0. The maximum Gasteiger partial charge on any atom is 0.227 e. The summed E-state index contributed by atoms with van der Waals surface area (Å²) in [6, 6.07) is 15.1. The highest BCUT2D eigenvalue weighted by atomic mass is 16.2. The maximum absolute atomic E-state index is 11.7. The molecule has 0 bridgehead atoms. The van der Waals surface area contributed by atoms with E-state index < -0.39 is 0 Å². The van der Waals surface area contributed by atoms with Gasteiger partial charge in [-0.3, -0.25) is 9.59 Å². The summed E-state index contributed by atoms with van der Waals surface area (Å²) >= 11 is 0. The Morgan fingerprint density at radius 3 is 2.17 bits per heavy atom. The number of carbonyl (C=O) groups is 2. The van der Waals surface area contributed by atoms with Crippen LogP contribution in [0.1, 0.15) is 19.8 Å². The Morgan fingerprint density at radius 1 is 0.870 bits per heavy atom. The minimum absolute atomic E-state index is 0.0992. The summed E-state index contributed by atoms with van der Waals surface area (Å²) in [5, 5.41) is 8.93. The van der Waals surface area contributed by atoms with E-state index in [-0.39, 0.29) is 17.7 Å². The molecule has 23 heavy (non-hydrogen) atoms. The molecule has 0 atom stereocenters. The number of hydrogen-bond acceptors (Lipinski definition) is 3. The molecule has 5 nitrogen and oxygen atoms in total. The Kier molecular flexibility index (Phi) is 4.28. The Morgan fingerprint density at radius 2 is 1.52 bits per heavy atom. The van der Waals surface area contributed by atoms with Crippen molar-refractivity contribution >= 4 is 34.6 Å². The summed E-state index contributed by atoms with van der Waals surface area (Å²) < 4.78 is 0. The minimum Gasteiger partial charge on any atom is -0.355 e. The van der Waals surface area contributed by atoms with Crippen LogP contribution in [0.3, 0.4) is 0 Å². The lowest BCUT2D eigenvalue weighted by Crippen LogP contribution is -2.13. The zero-order valence-electron chi connectivity index (χ0n) is 12.9. The van der Waals surface area contributed by atoms with E-state index in [1.54, 1.807) is 0 Å². The van der Waals surface area contributed by atoms with Crippen molar-refractivity contribution in [1.29, 1.82) is 0 Å². The smallest absolute Gasteiger partial charge is 0.227 e. The van der Waals surface area contributed by atoms with Gasteiger partial charge in [-0.05, 0) is 55.3 Å². The Balaban J connectivity index is 1.63. The molecule has 0 aliphatic heterocycles. The predicted octanol–water partition coefficient (Wildman–Crippen LogP) is 3.74. The van der Waals surface area contributed by atoms with Crippen molar-refractivity contribution in [3.8, 4) is 0 Å². The van der Waals surface area contributed by atoms with Crippen LogP contribution in [0.25, 0.3) is 0 Å². The second kappa shape index (κ2) is 6.52. The third-order valence-electron chi connectivity index (χ3n) is 3.57. The molecule has 2 aromatic rings. The van der Waals surface area contributed by atoms with Gasteiger partial charge in [0.2, 0.25) is 11.8 Å². The van der Waals surface area contributed by atoms with Crippen molar-refractivity contribution in [2.24, 2.45) is 5.92 Å². The Hall–Kier alpha value is -2.82. The molecule has 0 saturated heterocycles. The number of anilines is 4. The van der Waals surface area contributed by atoms with Crippen molar-refractivity contribution in [2.45, 2.75) is 19.8 Å². The van der Waals surface area contributed by atoms with E-state index >= 15 is 0 Å². The average Bonchev–Trinajstić information content (AvgIpc) is 3.34. The van der Waals surface area contributed by atoms with Crippen LogP contribution in [-0.4, -0.2) is 11.8 Å². The molecule has 1 aliphatic carbocycles. The number of benzene rings is 2. The van der Waals surface area contributed by atoms with E-state index in [4.69, 9.17) is 0 Å². The summed E-state index contributed by atoms with van der Waals surface area (Å²) in [4.78, 5) is 22.8. The van der Waals surface area contributed by atoms with Crippen molar-refractivity contribution in [2.75, 3.05) is 16.0 Å². The van der Waals surface area contributed by atoms with Gasteiger partial charge in [0.15, 0.2) is 0 Å². The van der Waals surface area contributed by atoms with Crippen molar-refractivity contribution in [3.05, 3.63) is 48.5 Å². The number of nitrogens with one attached hydrogen (secondary N) is 3. The van der Waals surface area contributed by atoms with Crippen LogP contribution in [0.5, 0.6) is 0 Å². The van der Waals surface area contributed by atoms with Gasteiger partial charge in [-0.2, -0.15) is 0 Å². The largest absolute Gasteiger partial charge is 0.355 e. The lowest BCUT2D eigenvalue weighted by atomic mass is 10.2. The van der Waals surface area contributed by atoms with E-state index in [0.29, 0.717) is 0 Å². The van der Waals surface area contributed by atoms with E-state index in [1.165, 1.54) is 6.92 Å². The van der Waals surface area contributed by atoms with Crippen LogP contribution in [0.15, 0.2) is 48.5 Å². The molecule has 3 N–H and O–H groups in total. The normalized spacial score (nSPS) is 13.3. The first kappa shape index (κ1) is 15.1. The molecule has 0 heterocycles. The predicted molar refractivity (Wildman–Crippen MR) is 91.8 cm³/mol. The molecule has 0 aromatic heterocycles. The van der Waals surface area contributed by atoms with Crippen molar-refractivity contribution in [1.82, 2.24) is 0 Å². The fourth-order valence-corrected chi connectivity index (χ4v) is 2.27. The lowest BCUT2D eigenvalue weighted by molar-refractivity contribution is -0.117. The molecule has 0 spiro atoms. The second-order valence-electron chi connectivity index (χ2n) is 5.73. The molecular weight excluding hydrogens is 290 g/mol. The first-order chi connectivity index (χ1) is 11.1. The highest BCUT2D eigenvalue weighted by Crippen LogP contribution is 2.30. The average molecular weight is 309 g/mol. The topological polar surface area (TPSA) is 70.2 Å². The van der Waals surface area contributed by atoms with E-state index in [1.807, 2.05) is 48.5 Å². The summed E-state index contributed by atoms with van der Waals surface area (Å²) in [6.07, 6.45) is 1.99. The van der Waals surface area contributed by atoms with Gasteiger partial charge in [0.05, 0.1) is 0 Å². The van der Waals surface area contributed by atoms with Gasteiger partial charge in [0.1, 0.15) is 0 Å². The second-order valence-corrected chi connectivity index (χ2v) is 5.73. The van der Waals surface area contributed by atoms with Gasteiger partial charge in [0.25, 0.3) is 0 Å². The number of amides is 2. The SMILES string of the molecule is CC(=O)Nc1cccc(Nc2ccc(NC(=O)C3CC3)cc2)c1. The van der Waals surface area contributed by atoms with Gasteiger partial charge in [-0.15, -0.1) is 0 Å². The van der Waals surface area contributed by atoms with E-state index in [0.717, 1.165) is 35.6 Å². The van der Waals surface area contributed by atoms with Gasteiger partial charge < -0.3 is 16.0 Å². The van der Waals surface area contributed by atoms with Crippen LogP contribution in [0.4, 0.5) is 22.7 Å². The van der Waals surface area contributed by atoms with Gasteiger partial charge in [0, 0.05) is 35.6 Å². The first-order valence-corrected chi connectivity index (χ1v) is 7.66. The fourth-order valence-electron chi connectivity index (χ4n) is 2.27. The molecule has 3 rings (SSSR count). The van der Waals surface area contributed by atoms with Crippen LogP contribution in [-0.2, 0) is 9.59 Å². The number of rotatable bonds is 5. The Labute approximate surface area is 135 Å². The minimum atomic E-state index is -0.0992.